The standard InChI is InChI=1S/C25H34O4/c1-16(26)29-13-5-3-4-6-17-14-18-15-19(27)7-8-20(18)21-11-12-25(2)22(24(17)21)9-10-23(25)28/h7-8,15,17,21-22,24,27H,3-6,9-14H2,1-2H3/t17?,21-,22+,24-,25+/m1/s1. The lowest BCUT2D eigenvalue weighted by molar-refractivity contribution is -0.141. The van der Waals surface area contributed by atoms with Gasteiger partial charge in [0.25, 0.3) is 0 Å². The Bertz CT molecular complexity index is 785. The van der Waals surface area contributed by atoms with Crippen molar-refractivity contribution in [2.45, 2.75) is 77.6 Å². The highest BCUT2D eigenvalue weighted by molar-refractivity contribution is 5.87. The van der Waals surface area contributed by atoms with Gasteiger partial charge in [-0.1, -0.05) is 25.8 Å². The van der Waals surface area contributed by atoms with Crippen molar-refractivity contribution in [3.05, 3.63) is 29.3 Å². The Morgan fingerprint density at radius 2 is 2.07 bits per heavy atom. The van der Waals surface area contributed by atoms with Gasteiger partial charge in [0.05, 0.1) is 6.61 Å². The Morgan fingerprint density at radius 3 is 2.86 bits per heavy atom. The Kier molecular flexibility index (Phi) is 5.72. The normalized spacial score (nSPS) is 33.0. The van der Waals surface area contributed by atoms with E-state index in [0.717, 1.165) is 57.8 Å². The third kappa shape index (κ3) is 3.83. The predicted molar refractivity (Wildman–Crippen MR) is 112 cm³/mol. The monoisotopic (exact) mass is 398 g/mol. The first-order chi connectivity index (χ1) is 13.9. The minimum Gasteiger partial charge on any atom is -0.508 e. The molecule has 0 radical (unpaired) electrons. The second kappa shape index (κ2) is 8.12. The van der Waals surface area contributed by atoms with Crippen LogP contribution in [0.2, 0.25) is 0 Å². The summed E-state index contributed by atoms with van der Waals surface area (Å²) in [6, 6.07) is 5.93. The van der Waals surface area contributed by atoms with Crippen LogP contribution >= 0.6 is 0 Å². The van der Waals surface area contributed by atoms with E-state index >= 15 is 0 Å². The topological polar surface area (TPSA) is 63.6 Å². The fourth-order valence-corrected chi connectivity index (χ4v) is 6.73. The fourth-order valence-electron chi connectivity index (χ4n) is 6.73. The van der Waals surface area contributed by atoms with Gasteiger partial charge in [-0.25, -0.2) is 0 Å². The van der Waals surface area contributed by atoms with Crippen molar-refractivity contribution in [1.82, 2.24) is 0 Å². The molecule has 3 aliphatic rings. The van der Waals surface area contributed by atoms with Crippen molar-refractivity contribution in [2.75, 3.05) is 6.61 Å². The number of esters is 1. The van der Waals surface area contributed by atoms with E-state index in [4.69, 9.17) is 4.74 Å². The van der Waals surface area contributed by atoms with Crippen LogP contribution in [0.25, 0.3) is 0 Å². The molecule has 4 nitrogen and oxygen atoms in total. The number of hydrogen-bond donors (Lipinski definition) is 1. The third-order valence-electron chi connectivity index (χ3n) is 8.12. The average Bonchev–Trinajstić information content (AvgIpc) is 2.98. The quantitative estimate of drug-likeness (QED) is 0.530. The van der Waals surface area contributed by atoms with Crippen LogP contribution in [-0.2, 0) is 20.7 Å². The first-order valence-corrected chi connectivity index (χ1v) is 11.4. The number of unbranched alkanes of at least 4 members (excludes halogenated alkanes) is 2. The van der Waals surface area contributed by atoms with E-state index in [1.165, 1.54) is 18.1 Å². The lowest BCUT2D eigenvalue weighted by Crippen LogP contribution is -2.46. The van der Waals surface area contributed by atoms with Gasteiger partial charge in [0, 0.05) is 18.8 Å². The van der Waals surface area contributed by atoms with E-state index in [9.17, 15) is 14.7 Å². The van der Waals surface area contributed by atoms with Gasteiger partial charge in [0.1, 0.15) is 11.5 Å². The minimum atomic E-state index is -0.205. The molecular formula is C25H34O4. The van der Waals surface area contributed by atoms with Crippen LogP contribution in [0.3, 0.4) is 0 Å². The molecule has 1 aromatic carbocycles. The zero-order chi connectivity index (χ0) is 20.6. The molecule has 1 N–H and O–H groups in total. The van der Waals surface area contributed by atoms with Gasteiger partial charge in [0.15, 0.2) is 0 Å². The molecule has 2 fully saturated rings. The number of hydrogen-bond acceptors (Lipinski definition) is 4. The van der Waals surface area contributed by atoms with Crippen LogP contribution in [0.5, 0.6) is 5.75 Å². The molecule has 0 aromatic heterocycles. The molecule has 1 aromatic rings. The molecule has 0 heterocycles. The summed E-state index contributed by atoms with van der Waals surface area (Å²) < 4.78 is 5.06. The number of rotatable bonds is 6. The first kappa shape index (κ1) is 20.4. The maximum Gasteiger partial charge on any atom is 0.302 e. The number of carbonyl (C=O) groups excluding carboxylic acids is 2. The lowest BCUT2D eigenvalue weighted by atomic mass is 9.52. The molecule has 29 heavy (non-hydrogen) atoms. The van der Waals surface area contributed by atoms with Gasteiger partial charge in [0.2, 0.25) is 0 Å². The second-order valence-electron chi connectivity index (χ2n) is 9.75. The number of aromatic hydroxyl groups is 1. The Balaban J connectivity index is 1.51. The van der Waals surface area contributed by atoms with Crippen molar-refractivity contribution in [1.29, 1.82) is 0 Å². The molecule has 0 bridgehead atoms. The summed E-state index contributed by atoms with van der Waals surface area (Å²) in [4.78, 5) is 23.6. The third-order valence-corrected chi connectivity index (χ3v) is 8.12. The van der Waals surface area contributed by atoms with Crippen molar-refractivity contribution in [2.24, 2.45) is 23.2 Å². The number of fused-ring (bicyclic) bond motifs is 5. The number of phenolic OH excluding ortho intramolecular Hbond substituents is 1. The largest absolute Gasteiger partial charge is 0.508 e. The molecule has 4 heteroatoms. The van der Waals surface area contributed by atoms with E-state index < -0.39 is 0 Å². The molecule has 1 unspecified atom stereocenters. The summed E-state index contributed by atoms with van der Waals surface area (Å²) in [5, 5.41) is 10.0. The summed E-state index contributed by atoms with van der Waals surface area (Å²) in [5.41, 5.74) is 2.60. The molecule has 2 saturated carbocycles. The zero-order valence-corrected chi connectivity index (χ0v) is 17.8. The molecule has 0 spiro atoms. The fraction of sp³-hybridized carbons (Fsp3) is 0.680. The molecule has 0 saturated heterocycles. The molecule has 3 aliphatic carbocycles. The highest BCUT2D eigenvalue weighted by atomic mass is 16.5. The number of ether oxygens (including phenoxy) is 1. The van der Waals surface area contributed by atoms with Crippen LogP contribution in [0.15, 0.2) is 18.2 Å². The Morgan fingerprint density at radius 1 is 1.24 bits per heavy atom. The summed E-state index contributed by atoms with van der Waals surface area (Å²) >= 11 is 0. The minimum absolute atomic E-state index is 0.122. The molecular weight excluding hydrogens is 364 g/mol. The van der Waals surface area contributed by atoms with Gasteiger partial charge in [-0.3, -0.25) is 9.59 Å². The van der Waals surface area contributed by atoms with Crippen LogP contribution in [0, 0.1) is 23.2 Å². The number of benzene rings is 1. The molecule has 0 amide bonds. The van der Waals surface area contributed by atoms with E-state index in [1.807, 2.05) is 12.1 Å². The molecule has 5 atom stereocenters. The summed E-state index contributed by atoms with van der Waals surface area (Å²) in [6.07, 6.45) is 9.16. The van der Waals surface area contributed by atoms with E-state index in [1.54, 1.807) is 0 Å². The second-order valence-corrected chi connectivity index (χ2v) is 9.75. The predicted octanol–water partition coefficient (Wildman–Crippen LogP) is 5.17. The van der Waals surface area contributed by atoms with Gasteiger partial charge >= 0.3 is 5.97 Å². The SMILES string of the molecule is CC(=O)OCCCCCC1Cc2cc(O)ccc2[C@H]2CC[C@]3(C)C(=O)CC[C@H]3[C@H]12. The van der Waals surface area contributed by atoms with Crippen molar-refractivity contribution in [3.63, 3.8) is 0 Å². The van der Waals surface area contributed by atoms with Crippen molar-refractivity contribution >= 4 is 11.8 Å². The maximum atomic E-state index is 12.7. The Hall–Kier alpha value is -1.84. The van der Waals surface area contributed by atoms with Gasteiger partial charge in [-0.15, -0.1) is 0 Å². The van der Waals surface area contributed by atoms with E-state index in [-0.39, 0.29) is 11.4 Å². The van der Waals surface area contributed by atoms with Gasteiger partial charge in [-0.05, 0) is 85.5 Å². The number of Topliss-reactive ketones (excluding diaryl/α,β-unsaturated/α-hetero) is 1. The van der Waals surface area contributed by atoms with E-state index in [0.29, 0.717) is 41.8 Å². The Labute approximate surface area is 174 Å². The highest BCUT2D eigenvalue weighted by Crippen LogP contribution is 2.61. The van der Waals surface area contributed by atoms with Crippen LogP contribution in [-0.4, -0.2) is 23.5 Å². The molecule has 0 aliphatic heterocycles. The highest BCUT2D eigenvalue weighted by Gasteiger charge is 2.56. The lowest BCUT2D eigenvalue weighted by Gasteiger charge is -2.51. The zero-order valence-electron chi connectivity index (χ0n) is 17.8. The van der Waals surface area contributed by atoms with Crippen molar-refractivity contribution in [3.8, 4) is 5.75 Å². The summed E-state index contributed by atoms with van der Waals surface area (Å²) in [7, 11) is 0. The molecule has 4 rings (SSSR count). The average molecular weight is 399 g/mol. The molecule has 158 valence electrons. The van der Waals surface area contributed by atoms with E-state index in [2.05, 4.69) is 13.0 Å². The van der Waals surface area contributed by atoms with Crippen LogP contribution in [0.1, 0.15) is 82.3 Å². The first-order valence-electron chi connectivity index (χ1n) is 11.4. The van der Waals surface area contributed by atoms with Gasteiger partial charge in [-0.2, -0.15) is 0 Å². The summed E-state index contributed by atoms with van der Waals surface area (Å²) in [5.74, 6) is 2.81. The summed E-state index contributed by atoms with van der Waals surface area (Å²) in [6.45, 7) is 4.20. The smallest absolute Gasteiger partial charge is 0.302 e. The van der Waals surface area contributed by atoms with Crippen LogP contribution < -0.4 is 0 Å². The van der Waals surface area contributed by atoms with Crippen molar-refractivity contribution < 1.29 is 19.4 Å². The van der Waals surface area contributed by atoms with Crippen LogP contribution in [0.4, 0.5) is 0 Å². The van der Waals surface area contributed by atoms with Gasteiger partial charge < -0.3 is 9.84 Å². The number of ketones is 1. The number of phenols is 1. The maximum absolute atomic E-state index is 12.7. The number of carbonyl (C=O) groups is 2.